The van der Waals surface area contributed by atoms with Gasteiger partial charge in [0.1, 0.15) is 6.33 Å². The van der Waals surface area contributed by atoms with Crippen LogP contribution in [0.5, 0.6) is 6.01 Å². The number of hydrogen-bond donors (Lipinski definition) is 0. The summed E-state index contributed by atoms with van der Waals surface area (Å²) in [5, 5.41) is 0.980. The molecule has 1 fully saturated rings. The van der Waals surface area contributed by atoms with Gasteiger partial charge in [-0.3, -0.25) is 0 Å². The van der Waals surface area contributed by atoms with Crippen LogP contribution in [-0.2, 0) is 0 Å². The lowest BCUT2D eigenvalue weighted by Gasteiger charge is -2.35. The lowest BCUT2D eigenvalue weighted by Crippen LogP contribution is -2.43. The van der Waals surface area contributed by atoms with Gasteiger partial charge < -0.3 is 14.5 Å². The van der Waals surface area contributed by atoms with Crippen molar-refractivity contribution in [2.24, 2.45) is 0 Å². The van der Waals surface area contributed by atoms with Crippen molar-refractivity contribution in [3.63, 3.8) is 0 Å². The zero-order valence-electron chi connectivity index (χ0n) is 18.9. The molecular formula is C26H26N6O. The number of hydrogen-bond acceptors (Lipinski definition) is 7. The number of methoxy groups -OCH3 is 1. The molecule has 0 radical (unpaired) electrons. The summed E-state index contributed by atoms with van der Waals surface area (Å²) < 4.78 is 5.08. The van der Waals surface area contributed by atoms with Gasteiger partial charge >= 0.3 is 6.01 Å². The molecule has 0 spiro atoms. The molecule has 0 aliphatic carbocycles. The van der Waals surface area contributed by atoms with E-state index in [0.717, 1.165) is 70.7 Å². The summed E-state index contributed by atoms with van der Waals surface area (Å²) in [6.45, 7) is 8.47. The van der Waals surface area contributed by atoms with Crippen molar-refractivity contribution in [2.75, 3.05) is 40.3 Å². The number of piperazine rings is 1. The van der Waals surface area contributed by atoms with Gasteiger partial charge in [0.2, 0.25) is 0 Å². The molecule has 0 saturated carbocycles. The van der Waals surface area contributed by atoms with Gasteiger partial charge in [-0.15, -0.1) is 0 Å². The average Bonchev–Trinajstić information content (AvgIpc) is 2.88. The SMILES string of the molecule is C=C(c1cccc(-c2ncnc3ccc(-c4cnc(OC)nc4)cc23)c1)N1CCN(C)CC1. The molecule has 7 heteroatoms. The van der Waals surface area contributed by atoms with Gasteiger partial charge in [0, 0.05) is 60.8 Å². The Morgan fingerprint density at radius 2 is 1.67 bits per heavy atom. The number of rotatable bonds is 5. The number of fused-ring (bicyclic) bond motifs is 1. The van der Waals surface area contributed by atoms with E-state index in [2.05, 4.69) is 73.7 Å². The minimum absolute atomic E-state index is 0.348. The van der Waals surface area contributed by atoms with Crippen LogP contribution in [0, 0.1) is 0 Å². The van der Waals surface area contributed by atoms with Gasteiger partial charge in [0.25, 0.3) is 0 Å². The second-order valence-electron chi connectivity index (χ2n) is 8.23. The lowest BCUT2D eigenvalue weighted by atomic mass is 10.00. The van der Waals surface area contributed by atoms with Crippen LogP contribution < -0.4 is 4.74 Å². The number of benzene rings is 2. The summed E-state index contributed by atoms with van der Waals surface area (Å²) in [5.41, 5.74) is 6.90. The molecular weight excluding hydrogens is 412 g/mol. The molecule has 3 heterocycles. The van der Waals surface area contributed by atoms with Gasteiger partial charge in [-0.1, -0.05) is 30.8 Å². The van der Waals surface area contributed by atoms with E-state index >= 15 is 0 Å². The minimum Gasteiger partial charge on any atom is -0.467 e. The van der Waals surface area contributed by atoms with E-state index < -0.39 is 0 Å². The second-order valence-corrected chi connectivity index (χ2v) is 8.23. The molecule has 1 saturated heterocycles. The highest BCUT2D eigenvalue weighted by Crippen LogP contribution is 2.31. The monoisotopic (exact) mass is 438 g/mol. The standard InChI is InChI=1S/C26H26N6O/c1-18(32-11-9-31(2)10-12-32)19-5-4-6-21(13-19)25-23-14-20(7-8-24(23)29-17-30-25)22-15-27-26(33-3)28-16-22/h4-8,13-17H,1,9-12H2,2-3H3. The summed E-state index contributed by atoms with van der Waals surface area (Å²) in [7, 11) is 3.72. The maximum absolute atomic E-state index is 5.08. The Balaban J connectivity index is 1.51. The Hall–Kier alpha value is -3.84. The molecule has 5 rings (SSSR count). The first-order valence-electron chi connectivity index (χ1n) is 11.0. The zero-order chi connectivity index (χ0) is 22.8. The Morgan fingerprint density at radius 1 is 0.879 bits per heavy atom. The summed E-state index contributed by atoms with van der Waals surface area (Å²) >= 11 is 0. The first-order valence-corrected chi connectivity index (χ1v) is 11.0. The summed E-state index contributed by atoms with van der Waals surface area (Å²) in [5.74, 6) is 0. The molecule has 0 N–H and O–H groups in total. The van der Waals surface area contributed by atoms with E-state index in [1.807, 2.05) is 12.1 Å². The van der Waals surface area contributed by atoms with Gasteiger partial charge in [-0.2, -0.15) is 0 Å². The topological polar surface area (TPSA) is 67.3 Å². The average molecular weight is 439 g/mol. The van der Waals surface area contributed by atoms with Crippen LogP contribution in [0.1, 0.15) is 5.56 Å². The molecule has 1 aliphatic heterocycles. The third-order valence-corrected chi connectivity index (χ3v) is 6.13. The molecule has 166 valence electrons. The summed E-state index contributed by atoms with van der Waals surface area (Å²) in [4.78, 5) is 22.3. The van der Waals surface area contributed by atoms with Crippen LogP contribution in [0.3, 0.4) is 0 Å². The third-order valence-electron chi connectivity index (χ3n) is 6.13. The van der Waals surface area contributed by atoms with Crippen molar-refractivity contribution in [3.05, 3.63) is 73.3 Å². The predicted octanol–water partition coefficient (Wildman–Crippen LogP) is 3.98. The highest BCUT2D eigenvalue weighted by atomic mass is 16.5. The van der Waals surface area contributed by atoms with E-state index in [4.69, 9.17) is 4.74 Å². The van der Waals surface area contributed by atoms with Crippen molar-refractivity contribution in [2.45, 2.75) is 0 Å². The molecule has 33 heavy (non-hydrogen) atoms. The zero-order valence-corrected chi connectivity index (χ0v) is 18.9. The van der Waals surface area contributed by atoms with Crippen LogP contribution in [0.2, 0.25) is 0 Å². The molecule has 0 amide bonds. The molecule has 0 bridgehead atoms. The molecule has 2 aromatic carbocycles. The molecule has 4 aromatic rings. The fraction of sp³-hybridized carbons (Fsp3) is 0.231. The van der Waals surface area contributed by atoms with E-state index in [-0.39, 0.29) is 0 Å². The van der Waals surface area contributed by atoms with Crippen LogP contribution in [0.4, 0.5) is 0 Å². The first-order chi connectivity index (χ1) is 16.1. The lowest BCUT2D eigenvalue weighted by molar-refractivity contribution is 0.207. The largest absolute Gasteiger partial charge is 0.467 e. The smallest absolute Gasteiger partial charge is 0.316 e. The van der Waals surface area contributed by atoms with Crippen LogP contribution >= 0.6 is 0 Å². The highest BCUT2D eigenvalue weighted by molar-refractivity contribution is 5.95. The number of likely N-dealkylation sites (N-methyl/N-ethyl adjacent to an activating group) is 1. The Kier molecular flexibility index (Phi) is 5.71. The number of nitrogens with zero attached hydrogens (tertiary/aromatic N) is 6. The molecule has 0 atom stereocenters. The Morgan fingerprint density at radius 3 is 2.42 bits per heavy atom. The molecule has 2 aromatic heterocycles. The molecule has 0 unspecified atom stereocenters. The van der Waals surface area contributed by atoms with Gasteiger partial charge in [0.05, 0.1) is 18.3 Å². The van der Waals surface area contributed by atoms with Crippen LogP contribution in [0.15, 0.2) is 67.8 Å². The van der Waals surface area contributed by atoms with E-state index in [9.17, 15) is 0 Å². The second kappa shape index (κ2) is 8.96. The van der Waals surface area contributed by atoms with Gasteiger partial charge in [0.15, 0.2) is 0 Å². The van der Waals surface area contributed by atoms with Gasteiger partial charge in [-0.05, 0) is 36.4 Å². The number of ether oxygens (including phenoxy) is 1. The normalized spacial score (nSPS) is 14.4. The first kappa shape index (κ1) is 21.0. The van der Waals surface area contributed by atoms with Crippen molar-refractivity contribution < 1.29 is 4.74 Å². The predicted molar refractivity (Wildman–Crippen MR) is 131 cm³/mol. The highest BCUT2D eigenvalue weighted by Gasteiger charge is 2.17. The van der Waals surface area contributed by atoms with E-state index in [0.29, 0.717) is 6.01 Å². The summed E-state index contributed by atoms with van der Waals surface area (Å²) in [6.07, 6.45) is 5.14. The fourth-order valence-electron chi connectivity index (χ4n) is 4.14. The minimum atomic E-state index is 0.348. The van der Waals surface area contributed by atoms with Crippen molar-refractivity contribution in [1.82, 2.24) is 29.7 Å². The van der Waals surface area contributed by atoms with Crippen molar-refractivity contribution in [1.29, 1.82) is 0 Å². The quantitative estimate of drug-likeness (QED) is 0.467. The van der Waals surface area contributed by atoms with E-state index in [1.165, 1.54) is 0 Å². The maximum Gasteiger partial charge on any atom is 0.316 e. The van der Waals surface area contributed by atoms with Crippen molar-refractivity contribution >= 4 is 16.6 Å². The van der Waals surface area contributed by atoms with Crippen LogP contribution in [-0.4, -0.2) is 70.1 Å². The maximum atomic E-state index is 5.08. The Bertz CT molecular complexity index is 1300. The number of aromatic nitrogens is 4. The van der Waals surface area contributed by atoms with E-state index in [1.54, 1.807) is 25.8 Å². The third kappa shape index (κ3) is 4.27. The Labute approximate surface area is 193 Å². The fourth-order valence-corrected chi connectivity index (χ4v) is 4.14. The molecule has 1 aliphatic rings. The van der Waals surface area contributed by atoms with Crippen LogP contribution in [0.25, 0.3) is 39.0 Å². The van der Waals surface area contributed by atoms with Gasteiger partial charge in [-0.25, -0.2) is 19.9 Å². The molecule has 7 nitrogen and oxygen atoms in total. The van der Waals surface area contributed by atoms with Crippen molar-refractivity contribution in [3.8, 4) is 28.4 Å². The summed E-state index contributed by atoms with van der Waals surface area (Å²) in [6, 6.07) is 14.9.